The fraction of sp³-hybridized carbons (Fsp3) is 0. The van der Waals surface area contributed by atoms with Crippen molar-refractivity contribution in [1.82, 2.24) is 4.98 Å². The van der Waals surface area contributed by atoms with Crippen LogP contribution in [0.15, 0.2) is 10.6 Å². The molecule has 0 aliphatic heterocycles. The predicted molar refractivity (Wildman–Crippen MR) is 28.4 cm³/mol. The van der Waals surface area contributed by atoms with Gasteiger partial charge in [-0.15, -0.1) is 0 Å². The highest BCUT2D eigenvalue weighted by Crippen LogP contribution is 1.55. The van der Waals surface area contributed by atoms with Gasteiger partial charge in [-0.3, -0.25) is 0 Å². The van der Waals surface area contributed by atoms with Crippen molar-refractivity contribution in [2.75, 3.05) is 0 Å². The number of oxazole rings is 1. The second kappa shape index (κ2) is 1.69. The third-order valence-corrected chi connectivity index (χ3v) is 0.699. The van der Waals surface area contributed by atoms with Crippen LogP contribution in [0.1, 0.15) is 0 Å². The molecule has 3 nitrogen and oxygen atoms in total. The van der Waals surface area contributed by atoms with E-state index in [4.69, 9.17) is 9.52 Å². The second-order valence-electron chi connectivity index (χ2n) is 1.29. The van der Waals surface area contributed by atoms with Gasteiger partial charge in [-0.2, -0.15) is 0 Å². The molecule has 0 saturated carbocycles. The molecule has 1 aromatic heterocycles. The molecule has 0 saturated heterocycles. The van der Waals surface area contributed by atoms with Gasteiger partial charge in [0.1, 0.15) is 6.26 Å². The number of hydrogen-bond donors (Lipinski definition) is 1. The Bertz CT molecular complexity index is 262. The molecule has 1 N–H and O–H groups in total. The minimum atomic E-state index is 0.310. The molecule has 0 aromatic carbocycles. The highest BCUT2D eigenvalue weighted by atomic mass is 16.3. The zero-order valence-electron chi connectivity index (χ0n) is 4.16. The van der Waals surface area contributed by atoms with Gasteiger partial charge in [-0.1, -0.05) is 0 Å². The Morgan fingerprint density at radius 3 is 2.88 bits per heavy atom. The van der Waals surface area contributed by atoms with Crippen LogP contribution in [0.2, 0.25) is 0 Å². The van der Waals surface area contributed by atoms with Crippen LogP contribution in [0.5, 0.6) is 0 Å². The summed E-state index contributed by atoms with van der Waals surface area (Å²) < 4.78 is 4.70. The molecule has 0 amide bonds. The third kappa shape index (κ3) is 0.703. The van der Waals surface area contributed by atoms with E-state index in [2.05, 4.69) is 11.6 Å². The molecular weight excluding hydrogens is 106 g/mol. The summed E-state index contributed by atoms with van der Waals surface area (Å²) in [5.41, 5.74) is 0.639. The van der Waals surface area contributed by atoms with E-state index in [9.17, 15) is 0 Å². The molecular formula is C5H5NO2. The molecule has 1 aromatic rings. The van der Waals surface area contributed by atoms with Gasteiger partial charge in [0.25, 0.3) is 0 Å². The monoisotopic (exact) mass is 111 g/mol. The summed E-state index contributed by atoms with van der Waals surface area (Å²) in [6.07, 6.45) is 2.23. The van der Waals surface area contributed by atoms with Gasteiger partial charge in [-0.05, 0) is 6.58 Å². The molecule has 3 heteroatoms. The maximum atomic E-state index is 8.26. The fourth-order valence-corrected chi connectivity index (χ4v) is 0.384. The van der Waals surface area contributed by atoms with Crippen LogP contribution < -0.4 is 11.0 Å². The average molecular weight is 111 g/mol. The summed E-state index contributed by atoms with van der Waals surface area (Å²) in [7, 11) is 0. The second-order valence-corrected chi connectivity index (χ2v) is 1.29. The maximum absolute atomic E-state index is 8.26. The Balaban J connectivity index is 3.41. The summed E-state index contributed by atoms with van der Waals surface area (Å²) in [5, 5.41) is 8.26. The Morgan fingerprint density at radius 1 is 1.88 bits per heavy atom. The first kappa shape index (κ1) is 4.90. The number of aliphatic hydroxyl groups excluding tert-OH is 1. The van der Waals surface area contributed by atoms with E-state index in [1.165, 1.54) is 6.20 Å². The van der Waals surface area contributed by atoms with E-state index in [1.807, 2.05) is 0 Å². The van der Waals surface area contributed by atoms with Crippen molar-refractivity contribution in [3.63, 3.8) is 0 Å². The quantitative estimate of drug-likeness (QED) is 0.485. The first-order valence-electron chi connectivity index (χ1n) is 2.08. The minimum Gasteiger partial charge on any atom is -0.512 e. The Labute approximate surface area is 45.6 Å². The standard InChI is InChI=1S/C5H5NO2/c1-4-6-2-5(3-7)8-4/h2-3,7H,1H2/b5-3-. The summed E-state index contributed by atoms with van der Waals surface area (Å²) in [6, 6.07) is 0. The van der Waals surface area contributed by atoms with Gasteiger partial charge in [0.2, 0.25) is 5.55 Å². The van der Waals surface area contributed by atoms with Gasteiger partial charge >= 0.3 is 0 Å². The third-order valence-electron chi connectivity index (χ3n) is 0.699. The molecule has 8 heavy (non-hydrogen) atoms. The van der Waals surface area contributed by atoms with Crippen molar-refractivity contribution in [1.29, 1.82) is 0 Å². The van der Waals surface area contributed by atoms with Gasteiger partial charge in [-0.25, -0.2) is 4.98 Å². The maximum Gasteiger partial charge on any atom is 0.212 e. The molecule has 0 bridgehead atoms. The molecule has 0 aliphatic carbocycles. The van der Waals surface area contributed by atoms with Gasteiger partial charge in [0.15, 0.2) is 5.42 Å². The molecule has 0 aliphatic rings. The molecule has 0 atom stereocenters. The number of aliphatic hydroxyl groups is 1. The van der Waals surface area contributed by atoms with Crippen molar-refractivity contribution < 1.29 is 9.52 Å². The lowest BCUT2D eigenvalue weighted by atomic mass is 10.8. The average Bonchev–Trinajstić information content (AvgIpc) is 2.14. The summed E-state index contributed by atoms with van der Waals surface area (Å²) in [6.45, 7) is 3.38. The molecule has 0 spiro atoms. The van der Waals surface area contributed by atoms with E-state index in [-0.39, 0.29) is 0 Å². The van der Waals surface area contributed by atoms with Gasteiger partial charge in [0.05, 0.1) is 6.20 Å². The topological polar surface area (TPSA) is 46.3 Å². The van der Waals surface area contributed by atoms with E-state index in [0.717, 1.165) is 6.26 Å². The van der Waals surface area contributed by atoms with Crippen LogP contribution in [0, 0.1) is 0 Å². The first-order valence-corrected chi connectivity index (χ1v) is 2.08. The number of rotatable bonds is 0. The smallest absolute Gasteiger partial charge is 0.212 e. The molecule has 0 unspecified atom stereocenters. The van der Waals surface area contributed by atoms with Crippen LogP contribution in [0.3, 0.4) is 0 Å². The summed E-state index contributed by atoms with van der Waals surface area (Å²) >= 11 is 0. The highest BCUT2D eigenvalue weighted by Gasteiger charge is 1.79. The Hall–Kier alpha value is -1.25. The lowest BCUT2D eigenvalue weighted by Crippen LogP contribution is -1.96. The van der Waals surface area contributed by atoms with Crippen molar-refractivity contribution >= 4 is 12.8 Å². The van der Waals surface area contributed by atoms with E-state index in [1.54, 1.807) is 0 Å². The van der Waals surface area contributed by atoms with E-state index >= 15 is 0 Å². The first-order chi connectivity index (χ1) is 3.83. The van der Waals surface area contributed by atoms with Crippen molar-refractivity contribution in [2.24, 2.45) is 0 Å². The van der Waals surface area contributed by atoms with Crippen molar-refractivity contribution in [2.45, 2.75) is 0 Å². The predicted octanol–water partition coefficient (Wildman–Crippen LogP) is -0.619. The fourth-order valence-electron chi connectivity index (χ4n) is 0.384. The number of hydrogen-bond acceptors (Lipinski definition) is 3. The zero-order valence-corrected chi connectivity index (χ0v) is 4.16. The molecule has 1 heterocycles. The number of nitrogens with zero attached hydrogens (tertiary/aromatic N) is 1. The van der Waals surface area contributed by atoms with Crippen molar-refractivity contribution in [3.8, 4) is 0 Å². The summed E-state index contributed by atoms with van der Waals surface area (Å²) in [4.78, 5) is 3.62. The zero-order chi connectivity index (χ0) is 5.98. The van der Waals surface area contributed by atoms with Gasteiger partial charge in [0, 0.05) is 0 Å². The minimum absolute atomic E-state index is 0.310. The van der Waals surface area contributed by atoms with Crippen molar-refractivity contribution in [3.05, 3.63) is 17.2 Å². The van der Waals surface area contributed by atoms with Crippen LogP contribution in [0.4, 0.5) is 0 Å². The normalized spacial score (nSPS) is 12.2. The molecule has 0 radical (unpaired) electrons. The summed E-state index contributed by atoms with van der Waals surface area (Å²) in [5.74, 6) is 0. The van der Waals surface area contributed by atoms with E-state index < -0.39 is 0 Å². The Morgan fingerprint density at radius 2 is 2.62 bits per heavy atom. The Kier molecular flexibility index (Phi) is 1.04. The van der Waals surface area contributed by atoms with E-state index in [0.29, 0.717) is 11.0 Å². The van der Waals surface area contributed by atoms with Crippen LogP contribution in [-0.4, -0.2) is 10.1 Å². The lowest BCUT2D eigenvalue weighted by molar-refractivity contribution is 0.460. The highest BCUT2D eigenvalue weighted by molar-refractivity contribution is 5.01. The molecule has 0 fully saturated rings. The number of aromatic nitrogens is 1. The molecule has 1 rings (SSSR count). The van der Waals surface area contributed by atoms with Gasteiger partial charge < -0.3 is 9.52 Å². The SMILES string of the molecule is C=c1nc/c(=C/O)o1. The molecule has 42 valence electrons. The largest absolute Gasteiger partial charge is 0.512 e. The van der Waals surface area contributed by atoms with Crippen LogP contribution in [-0.2, 0) is 0 Å². The lowest BCUT2D eigenvalue weighted by Gasteiger charge is -1.64. The van der Waals surface area contributed by atoms with Crippen LogP contribution >= 0.6 is 0 Å². The van der Waals surface area contributed by atoms with Crippen LogP contribution in [0.25, 0.3) is 12.8 Å².